The molecule has 0 unspecified atom stereocenters. The van der Waals surface area contributed by atoms with Crippen molar-refractivity contribution in [2.75, 3.05) is 32.2 Å². The zero-order valence-corrected chi connectivity index (χ0v) is 23.9. The molecule has 0 radical (unpaired) electrons. The molecule has 0 spiro atoms. The number of aliphatic hydroxyl groups is 1. The summed E-state index contributed by atoms with van der Waals surface area (Å²) in [6.45, 7) is 10.8. The van der Waals surface area contributed by atoms with Crippen LogP contribution in [0.4, 0.5) is 5.82 Å². The summed E-state index contributed by atoms with van der Waals surface area (Å²) in [7, 11) is 1.63. The van der Waals surface area contributed by atoms with Gasteiger partial charge in [-0.05, 0) is 43.7 Å². The minimum absolute atomic E-state index is 0. The molecule has 0 saturated heterocycles. The van der Waals surface area contributed by atoms with E-state index in [0.717, 1.165) is 29.7 Å². The van der Waals surface area contributed by atoms with E-state index in [9.17, 15) is 14.7 Å². The molecule has 0 bridgehead atoms. The Kier molecular flexibility index (Phi) is 12.7. The second-order valence-electron chi connectivity index (χ2n) is 10.5. The van der Waals surface area contributed by atoms with Crippen molar-refractivity contribution in [1.29, 1.82) is 0 Å². The molecular weight excluding hydrogens is 512 g/mol. The van der Waals surface area contributed by atoms with Crippen LogP contribution in [0, 0.1) is 18.8 Å². The van der Waals surface area contributed by atoms with Crippen molar-refractivity contribution in [3.05, 3.63) is 24.0 Å². The molecule has 0 aliphatic heterocycles. The maximum absolute atomic E-state index is 12.8. The van der Waals surface area contributed by atoms with E-state index in [4.69, 9.17) is 14.5 Å². The number of rotatable bonds is 16. The molecule has 40 heavy (non-hydrogen) atoms. The van der Waals surface area contributed by atoms with E-state index in [0.29, 0.717) is 49.8 Å². The number of aryl methyl sites for hydroxylation is 1. The molecule has 222 valence electrons. The van der Waals surface area contributed by atoms with Crippen molar-refractivity contribution in [3.63, 3.8) is 0 Å². The summed E-state index contributed by atoms with van der Waals surface area (Å²) in [5, 5.41) is 24.7. The van der Waals surface area contributed by atoms with Crippen LogP contribution in [0.1, 0.15) is 66.6 Å². The van der Waals surface area contributed by atoms with Gasteiger partial charge in [-0.1, -0.05) is 41.5 Å². The number of unbranched alkanes of at least 4 members (excludes halogenated alkanes) is 2. The summed E-state index contributed by atoms with van der Waals surface area (Å²) in [4.78, 5) is 29.8. The second kappa shape index (κ2) is 15.5. The number of nitrogens with one attached hydrogen (secondary N) is 2. The Balaban J connectivity index is 0.00000560. The lowest BCUT2D eigenvalue weighted by Gasteiger charge is -2.24. The number of ketones is 1. The molecule has 11 heteroatoms. The lowest BCUT2D eigenvalue weighted by atomic mass is 9.95. The molecule has 2 aromatic heterocycles. The van der Waals surface area contributed by atoms with E-state index < -0.39 is 18.1 Å². The normalized spacial score (nSPS) is 12.9. The van der Waals surface area contributed by atoms with Gasteiger partial charge in [-0.15, -0.1) is 10.2 Å². The number of nitrogens with zero attached hydrogens (tertiary/aromatic N) is 4. The van der Waals surface area contributed by atoms with Gasteiger partial charge in [0.1, 0.15) is 24.3 Å². The van der Waals surface area contributed by atoms with Crippen molar-refractivity contribution in [2.45, 2.75) is 79.9 Å². The maximum Gasteiger partial charge on any atom is 0.249 e. The van der Waals surface area contributed by atoms with Crippen molar-refractivity contribution in [2.24, 2.45) is 11.8 Å². The van der Waals surface area contributed by atoms with Crippen LogP contribution in [-0.4, -0.2) is 75.4 Å². The van der Waals surface area contributed by atoms with E-state index in [-0.39, 0.29) is 25.0 Å². The number of carbonyl (C=O) groups is 2. The Morgan fingerprint density at radius 2 is 1.80 bits per heavy atom. The van der Waals surface area contributed by atoms with Gasteiger partial charge in [0.15, 0.2) is 11.6 Å². The number of fused-ring (bicyclic) bond motifs is 3. The smallest absolute Gasteiger partial charge is 0.249 e. The third-order valence-corrected chi connectivity index (χ3v) is 6.62. The quantitative estimate of drug-likeness (QED) is 0.223. The lowest BCUT2D eigenvalue weighted by Crippen LogP contribution is -2.49. The summed E-state index contributed by atoms with van der Waals surface area (Å²) in [6, 6.07) is 5.14. The molecule has 11 nitrogen and oxygen atoms in total. The molecule has 0 fully saturated rings. The number of amides is 1. The zero-order chi connectivity index (χ0) is 28.5. The summed E-state index contributed by atoms with van der Waals surface area (Å²) in [6.07, 6.45) is 1.62. The first-order valence-electron chi connectivity index (χ1n) is 13.7. The highest BCUT2D eigenvalue weighted by molar-refractivity contribution is 5.90. The Hall–Kier alpha value is -3.31. The largest absolute Gasteiger partial charge is 0.491 e. The number of carbonyl (C=O) groups excluding carboxylic acids is 2. The van der Waals surface area contributed by atoms with E-state index in [1.165, 1.54) is 0 Å². The topological polar surface area (TPSA) is 140 Å². The van der Waals surface area contributed by atoms with Crippen molar-refractivity contribution in [1.82, 2.24) is 24.9 Å². The third-order valence-electron chi connectivity index (χ3n) is 6.62. The van der Waals surface area contributed by atoms with Gasteiger partial charge in [0, 0.05) is 26.1 Å². The van der Waals surface area contributed by atoms with Gasteiger partial charge >= 0.3 is 0 Å². The molecule has 2 atom stereocenters. The highest BCUT2D eigenvalue weighted by atomic mass is 16.5. The number of aromatic nitrogens is 4. The van der Waals surface area contributed by atoms with Crippen LogP contribution in [0.2, 0.25) is 0 Å². The fraction of sp³-hybridized carbons (Fsp3) is 0.621. The first kappa shape index (κ1) is 32.9. The molecule has 3 N–H and O–H groups in total. The molecule has 1 aromatic carbocycles. The fourth-order valence-electron chi connectivity index (χ4n) is 4.33. The number of anilines is 1. The predicted octanol–water partition coefficient (Wildman–Crippen LogP) is 3.95. The molecule has 0 saturated carbocycles. The first-order valence-corrected chi connectivity index (χ1v) is 13.7. The number of aliphatic hydroxyl groups excluding tert-OH is 1. The van der Waals surface area contributed by atoms with Crippen molar-refractivity contribution in [3.8, 4) is 5.75 Å². The summed E-state index contributed by atoms with van der Waals surface area (Å²) in [5.41, 5.74) is 2.31. The SMILES string of the molecule is C.COCCOc1ccc2c(c1)nc(NCCCCCC(=O)[C@@H](NC(=O)[C@H](O)C(C)C)C(C)C)c1nnc(C)n12. The van der Waals surface area contributed by atoms with Crippen molar-refractivity contribution < 1.29 is 24.2 Å². The second-order valence-corrected chi connectivity index (χ2v) is 10.5. The summed E-state index contributed by atoms with van der Waals surface area (Å²) >= 11 is 0. The highest BCUT2D eigenvalue weighted by Gasteiger charge is 2.27. The number of ether oxygens (including phenoxy) is 2. The van der Waals surface area contributed by atoms with E-state index in [2.05, 4.69) is 20.8 Å². The maximum atomic E-state index is 12.8. The molecule has 3 rings (SSSR count). The molecular formula is C29H46N6O5. The zero-order valence-electron chi connectivity index (χ0n) is 23.9. The van der Waals surface area contributed by atoms with Gasteiger partial charge in [-0.25, -0.2) is 4.98 Å². The number of hydrogen-bond donors (Lipinski definition) is 3. The lowest BCUT2D eigenvalue weighted by molar-refractivity contribution is -0.135. The molecule has 3 aromatic rings. The Morgan fingerprint density at radius 1 is 1.05 bits per heavy atom. The van der Waals surface area contributed by atoms with Crippen LogP contribution in [0.15, 0.2) is 18.2 Å². The van der Waals surface area contributed by atoms with E-state index in [1.54, 1.807) is 21.0 Å². The van der Waals surface area contributed by atoms with Gasteiger partial charge < -0.3 is 25.2 Å². The number of benzene rings is 1. The highest BCUT2D eigenvalue weighted by Crippen LogP contribution is 2.25. The monoisotopic (exact) mass is 558 g/mol. The summed E-state index contributed by atoms with van der Waals surface area (Å²) in [5.74, 6) is 1.34. The minimum Gasteiger partial charge on any atom is -0.491 e. The molecule has 0 aliphatic rings. The van der Waals surface area contributed by atoms with Gasteiger partial charge in [-0.2, -0.15) is 0 Å². The van der Waals surface area contributed by atoms with E-state index in [1.807, 2.05) is 43.4 Å². The Morgan fingerprint density at radius 3 is 2.48 bits per heavy atom. The molecule has 2 heterocycles. The average Bonchev–Trinajstić information content (AvgIpc) is 3.30. The standard InChI is InChI=1S/C28H42N6O5.CH4/c1-17(2)24(31-28(37)25(36)18(3)4)23(35)10-8-7-9-13-29-26-27-33-32-19(5)34(27)22-12-11-20(16-21(22)30-26)39-15-14-38-6;/h11-12,16-18,24-25,36H,7-10,13-15H2,1-6H3,(H,29,30)(H,31,37);1H4/t24-,25+;/m0./s1. The number of Topliss-reactive ketones (excluding diaryl/α,β-unsaturated/α-hetero) is 1. The number of methoxy groups -OCH3 is 1. The van der Waals surface area contributed by atoms with Gasteiger partial charge in [0.2, 0.25) is 11.6 Å². The van der Waals surface area contributed by atoms with Gasteiger partial charge in [0.05, 0.1) is 23.7 Å². The van der Waals surface area contributed by atoms with Crippen LogP contribution >= 0.6 is 0 Å². The van der Waals surface area contributed by atoms with Gasteiger partial charge in [-0.3, -0.25) is 14.0 Å². The van der Waals surface area contributed by atoms with Gasteiger partial charge in [0.25, 0.3) is 0 Å². The van der Waals surface area contributed by atoms with Crippen LogP contribution in [0.3, 0.4) is 0 Å². The van der Waals surface area contributed by atoms with Crippen molar-refractivity contribution >= 4 is 34.2 Å². The third kappa shape index (κ3) is 8.34. The van der Waals surface area contributed by atoms with E-state index >= 15 is 0 Å². The molecule has 1 amide bonds. The van der Waals surface area contributed by atoms with Crippen LogP contribution in [0.25, 0.3) is 16.7 Å². The van der Waals surface area contributed by atoms with Crippen LogP contribution in [0.5, 0.6) is 5.75 Å². The molecule has 0 aliphatic carbocycles. The fourth-order valence-corrected chi connectivity index (χ4v) is 4.33. The van der Waals surface area contributed by atoms with Crippen LogP contribution in [-0.2, 0) is 14.3 Å². The number of hydrogen-bond acceptors (Lipinski definition) is 9. The average molecular weight is 559 g/mol. The minimum atomic E-state index is -1.12. The summed E-state index contributed by atoms with van der Waals surface area (Å²) < 4.78 is 12.8. The first-order chi connectivity index (χ1) is 18.6. The Labute approximate surface area is 237 Å². The van der Waals surface area contributed by atoms with Crippen LogP contribution < -0.4 is 15.4 Å². The Bertz CT molecular complexity index is 1260. The predicted molar refractivity (Wildman–Crippen MR) is 157 cm³/mol.